The van der Waals surface area contributed by atoms with Crippen molar-refractivity contribution in [3.63, 3.8) is 0 Å². The molecule has 1 amide bonds. The fourth-order valence-corrected chi connectivity index (χ4v) is 3.56. The molecule has 3 aromatic rings. The van der Waals surface area contributed by atoms with E-state index >= 15 is 0 Å². The number of fused-ring (bicyclic) bond motifs is 1. The predicted octanol–water partition coefficient (Wildman–Crippen LogP) is 3.59. The SMILES string of the molecule is O=C(NCC1(C(=O)O)CCC1)c1ncc(-c2ccc3ccccc3c2)cc1O. The van der Waals surface area contributed by atoms with Gasteiger partial charge in [0.2, 0.25) is 0 Å². The number of aliphatic carboxylic acids is 1. The molecule has 1 heterocycles. The predicted molar refractivity (Wildman–Crippen MR) is 105 cm³/mol. The monoisotopic (exact) mass is 376 g/mol. The van der Waals surface area contributed by atoms with Gasteiger partial charge in [0.15, 0.2) is 5.69 Å². The highest BCUT2D eigenvalue weighted by atomic mass is 16.4. The van der Waals surface area contributed by atoms with Crippen LogP contribution in [0.4, 0.5) is 0 Å². The Morgan fingerprint density at radius 2 is 1.79 bits per heavy atom. The van der Waals surface area contributed by atoms with Gasteiger partial charge in [0, 0.05) is 18.3 Å². The number of hydrogen-bond acceptors (Lipinski definition) is 4. The third-order valence-electron chi connectivity index (χ3n) is 5.52. The van der Waals surface area contributed by atoms with Gasteiger partial charge in [-0.3, -0.25) is 9.59 Å². The molecule has 3 N–H and O–H groups in total. The van der Waals surface area contributed by atoms with Gasteiger partial charge in [0.25, 0.3) is 5.91 Å². The zero-order chi connectivity index (χ0) is 19.7. The molecule has 6 nitrogen and oxygen atoms in total. The summed E-state index contributed by atoms with van der Waals surface area (Å²) >= 11 is 0. The molecular formula is C22H20N2O4. The summed E-state index contributed by atoms with van der Waals surface area (Å²) < 4.78 is 0. The van der Waals surface area contributed by atoms with Gasteiger partial charge in [-0.2, -0.15) is 0 Å². The number of nitrogens with one attached hydrogen (secondary N) is 1. The van der Waals surface area contributed by atoms with Crippen molar-refractivity contribution in [2.24, 2.45) is 5.41 Å². The Morgan fingerprint density at radius 3 is 2.43 bits per heavy atom. The summed E-state index contributed by atoms with van der Waals surface area (Å²) in [6.45, 7) is 0.0364. The van der Waals surface area contributed by atoms with Gasteiger partial charge in [0.05, 0.1) is 5.41 Å². The van der Waals surface area contributed by atoms with Crippen molar-refractivity contribution in [3.05, 3.63) is 60.4 Å². The van der Waals surface area contributed by atoms with Crippen molar-refractivity contribution >= 4 is 22.6 Å². The standard InChI is InChI=1S/C22H20N2O4/c25-18-11-17(16-7-6-14-4-1-2-5-15(14)10-16)12-23-19(18)20(26)24-13-22(21(27)28)8-3-9-22/h1-2,4-7,10-12,25H,3,8-9,13H2,(H,24,26)(H,27,28). The molecule has 28 heavy (non-hydrogen) atoms. The molecule has 1 saturated carbocycles. The minimum Gasteiger partial charge on any atom is -0.505 e. The first-order valence-corrected chi connectivity index (χ1v) is 9.18. The second kappa shape index (κ2) is 6.96. The first-order valence-electron chi connectivity index (χ1n) is 9.18. The van der Waals surface area contributed by atoms with Crippen molar-refractivity contribution in [3.8, 4) is 16.9 Å². The molecular weight excluding hydrogens is 356 g/mol. The van der Waals surface area contributed by atoms with E-state index in [2.05, 4.69) is 10.3 Å². The van der Waals surface area contributed by atoms with Gasteiger partial charge in [-0.05, 0) is 41.3 Å². The third kappa shape index (κ3) is 3.17. The van der Waals surface area contributed by atoms with Crippen molar-refractivity contribution in [2.75, 3.05) is 6.54 Å². The van der Waals surface area contributed by atoms with Crippen molar-refractivity contribution < 1.29 is 19.8 Å². The zero-order valence-electron chi connectivity index (χ0n) is 15.2. The van der Waals surface area contributed by atoms with Crippen LogP contribution in [0.25, 0.3) is 21.9 Å². The van der Waals surface area contributed by atoms with Gasteiger partial charge >= 0.3 is 5.97 Å². The fourth-order valence-electron chi connectivity index (χ4n) is 3.56. The van der Waals surface area contributed by atoms with E-state index in [-0.39, 0.29) is 18.0 Å². The van der Waals surface area contributed by atoms with Crippen LogP contribution in [0.2, 0.25) is 0 Å². The number of carboxylic acids is 1. The molecule has 0 atom stereocenters. The molecule has 1 aromatic heterocycles. The summed E-state index contributed by atoms with van der Waals surface area (Å²) in [5.41, 5.74) is 0.578. The lowest BCUT2D eigenvalue weighted by molar-refractivity contribution is -0.153. The Balaban J connectivity index is 1.53. The number of carbonyl (C=O) groups is 2. The molecule has 1 fully saturated rings. The number of benzene rings is 2. The minimum absolute atomic E-state index is 0.0364. The molecule has 6 heteroatoms. The fraction of sp³-hybridized carbons (Fsp3) is 0.227. The van der Waals surface area contributed by atoms with E-state index in [1.165, 1.54) is 12.3 Å². The van der Waals surface area contributed by atoms with Gasteiger partial charge in [0.1, 0.15) is 5.75 Å². The number of hydrogen-bond donors (Lipinski definition) is 3. The summed E-state index contributed by atoms with van der Waals surface area (Å²) in [4.78, 5) is 27.9. The van der Waals surface area contributed by atoms with Gasteiger partial charge in [-0.25, -0.2) is 4.98 Å². The molecule has 1 aliphatic carbocycles. The number of rotatable bonds is 5. The number of pyridine rings is 1. The van der Waals surface area contributed by atoms with E-state index in [4.69, 9.17) is 0 Å². The highest BCUT2D eigenvalue weighted by Gasteiger charge is 2.44. The lowest BCUT2D eigenvalue weighted by atomic mass is 9.69. The van der Waals surface area contributed by atoms with Crippen LogP contribution in [0.5, 0.6) is 5.75 Å². The van der Waals surface area contributed by atoms with Crippen LogP contribution in [0.15, 0.2) is 54.7 Å². The molecule has 2 aromatic carbocycles. The highest BCUT2D eigenvalue weighted by Crippen LogP contribution is 2.40. The van der Waals surface area contributed by atoms with Crippen LogP contribution in [-0.4, -0.2) is 33.6 Å². The van der Waals surface area contributed by atoms with Crippen molar-refractivity contribution in [1.82, 2.24) is 10.3 Å². The number of amides is 1. The van der Waals surface area contributed by atoms with Crippen molar-refractivity contribution in [2.45, 2.75) is 19.3 Å². The summed E-state index contributed by atoms with van der Waals surface area (Å²) in [6, 6.07) is 15.4. The molecule has 0 radical (unpaired) electrons. The zero-order valence-corrected chi connectivity index (χ0v) is 15.2. The number of aromatic hydroxyl groups is 1. The lowest BCUT2D eigenvalue weighted by Crippen LogP contribution is -2.47. The molecule has 4 rings (SSSR count). The molecule has 0 spiro atoms. The minimum atomic E-state index is -0.900. The maximum atomic E-state index is 12.4. The van der Waals surface area contributed by atoms with Crippen LogP contribution in [0.3, 0.4) is 0 Å². The van der Waals surface area contributed by atoms with E-state index in [9.17, 15) is 19.8 Å². The van der Waals surface area contributed by atoms with Crippen LogP contribution < -0.4 is 5.32 Å². The van der Waals surface area contributed by atoms with Crippen LogP contribution in [0, 0.1) is 5.41 Å². The molecule has 0 bridgehead atoms. The molecule has 0 aliphatic heterocycles. The number of nitrogens with zero attached hydrogens (tertiary/aromatic N) is 1. The quantitative estimate of drug-likeness (QED) is 0.632. The molecule has 0 saturated heterocycles. The van der Waals surface area contributed by atoms with Gasteiger partial charge in [-0.15, -0.1) is 0 Å². The average molecular weight is 376 g/mol. The van der Waals surface area contributed by atoms with Crippen molar-refractivity contribution in [1.29, 1.82) is 0 Å². The summed E-state index contributed by atoms with van der Waals surface area (Å²) in [5.74, 6) is -1.71. The van der Waals surface area contributed by atoms with Gasteiger partial charge < -0.3 is 15.5 Å². The van der Waals surface area contributed by atoms with Gasteiger partial charge in [-0.1, -0.05) is 42.8 Å². The smallest absolute Gasteiger partial charge is 0.311 e. The average Bonchev–Trinajstić information content (AvgIpc) is 2.66. The van der Waals surface area contributed by atoms with E-state index < -0.39 is 17.3 Å². The Hall–Kier alpha value is -3.41. The third-order valence-corrected chi connectivity index (χ3v) is 5.52. The van der Waals surface area contributed by atoms with Crippen LogP contribution in [0.1, 0.15) is 29.8 Å². The lowest BCUT2D eigenvalue weighted by Gasteiger charge is -2.37. The van der Waals surface area contributed by atoms with E-state index in [1.54, 1.807) is 0 Å². The number of aromatic nitrogens is 1. The second-order valence-corrected chi connectivity index (χ2v) is 7.28. The summed E-state index contributed by atoms with van der Waals surface area (Å²) in [5, 5.41) is 24.4. The van der Waals surface area contributed by atoms with Crippen LogP contribution in [-0.2, 0) is 4.79 Å². The normalized spacial score (nSPS) is 15.0. The highest BCUT2D eigenvalue weighted by molar-refractivity contribution is 5.96. The van der Waals surface area contributed by atoms with Crippen LogP contribution >= 0.6 is 0 Å². The Labute approximate surface area is 161 Å². The Kier molecular flexibility index (Phi) is 4.47. The van der Waals surface area contributed by atoms with E-state index in [1.807, 2.05) is 42.5 Å². The Morgan fingerprint density at radius 1 is 1.04 bits per heavy atom. The maximum absolute atomic E-state index is 12.4. The molecule has 1 aliphatic rings. The Bertz CT molecular complexity index is 1070. The maximum Gasteiger partial charge on any atom is 0.311 e. The molecule has 142 valence electrons. The largest absolute Gasteiger partial charge is 0.505 e. The summed E-state index contributed by atoms with van der Waals surface area (Å²) in [6.07, 6.45) is 3.47. The summed E-state index contributed by atoms with van der Waals surface area (Å²) in [7, 11) is 0. The number of carboxylic acid groups (broad SMARTS) is 1. The number of carbonyl (C=O) groups excluding carboxylic acids is 1. The first-order chi connectivity index (χ1) is 13.5. The van der Waals surface area contributed by atoms with E-state index in [0.29, 0.717) is 18.4 Å². The molecule has 0 unspecified atom stereocenters. The second-order valence-electron chi connectivity index (χ2n) is 7.28. The first kappa shape index (κ1) is 18.0. The van der Waals surface area contributed by atoms with E-state index in [0.717, 1.165) is 22.8 Å². The topological polar surface area (TPSA) is 99.5 Å².